The van der Waals surface area contributed by atoms with E-state index in [0.717, 1.165) is 0 Å². The van der Waals surface area contributed by atoms with Gasteiger partial charge in [-0.05, 0) is 24.3 Å². The Balaban J connectivity index is 2.76. The average molecular weight is 353 g/mol. The minimum atomic E-state index is -3.86. The van der Waals surface area contributed by atoms with Crippen molar-refractivity contribution in [1.29, 1.82) is 0 Å². The highest BCUT2D eigenvalue weighted by atomic mass is 32.2. The number of nitrogens with two attached hydrogens (primary N) is 1. The number of nitrogens with zero attached hydrogens (tertiary/aromatic N) is 1. The largest absolute Gasteiger partial charge is 0.387 e. The van der Waals surface area contributed by atoms with Crippen molar-refractivity contribution in [2.75, 3.05) is 12.4 Å². The third-order valence-electron chi connectivity index (χ3n) is 3.07. The van der Waals surface area contributed by atoms with Crippen molar-refractivity contribution < 1.29 is 17.2 Å². The zero-order valence-electron chi connectivity index (χ0n) is 12.1. The molecule has 23 heavy (non-hydrogen) atoms. The summed E-state index contributed by atoms with van der Waals surface area (Å²) < 4.78 is 48.8. The fraction of sp³-hybridized carbons (Fsp3) is 0.0714. The van der Waals surface area contributed by atoms with Crippen LogP contribution < -0.4 is 11.1 Å². The lowest BCUT2D eigenvalue weighted by Crippen LogP contribution is -2.20. The highest BCUT2D eigenvalue weighted by Gasteiger charge is 2.25. The van der Waals surface area contributed by atoms with E-state index in [1.165, 1.54) is 18.2 Å². The molecule has 0 fully saturated rings. The molecule has 2 rings (SSSR count). The average Bonchev–Trinajstić information content (AvgIpc) is 2.54. The number of anilines is 1. The van der Waals surface area contributed by atoms with E-state index in [-0.39, 0.29) is 21.2 Å². The first-order valence-corrected chi connectivity index (χ1v) is 8.99. The summed E-state index contributed by atoms with van der Waals surface area (Å²) >= 11 is -2.55. The molecule has 1 atom stereocenters. The van der Waals surface area contributed by atoms with Gasteiger partial charge in [-0.15, -0.1) is 4.40 Å². The molecule has 2 aromatic carbocycles. The molecule has 7 nitrogen and oxygen atoms in total. The third kappa shape index (κ3) is 3.58. The maximum Gasteiger partial charge on any atom is 0.283 e. The van der Waals surface area contributed by atoms with E-state index in [9.17, 15) is 12.6 Å². The second-order valence-electron chi connectivity index (χ2n) is 4.45. The second-order valence-corrected chi connectivity index (χ2v) is 7.01. The highest BCUT2D eigenvalue weighted by Crippen LogP contribution is 2.28. The van der Waals surface area contributed by atoms with Crippen molar-refractivity contribution in [2.45, 2.75) is 9.79 Å². The van der Waals surface area contributed by atoms with Gasteiger partial charge >= 0.3 is 0 Å². The van der Waals surface area contributed by atoms with Crippen LogP contribution in [0.2, 0.25) is 0 Å². The van der Waals surface area contributed by atoms with Crippen LogP contribution in [0.4, 0.5) is 5.69 Å². The summed E-state index contributed by atoms with van der Waals surface area (Å²) in [6.45, 7) is 0. The van der Waals surface area contributed by atoms with Crippen molar-refractivity contribution in [3.63, 3.8) is 0 Å². The molecule has 0 saturated carbocycles. The lowest BCUT2D eigenvalue weighted by Gasteiger charge is -2.14. The molecule has 1 unspecified atom stereocenters. The lowest BCUT2D eigenvalue weighted by atomic mass is 10.1. The molecule has 0 radical (unpaired) electrons. The van der Waals surface area contributed by atoms with E-state index in [4.69, 9.17) is 10.3 Å². The SMILES string of the molecule is CNc1cccc(S(=O)(=O)c2ccccc2)c1C(N)=NS(=O)O. The summed E-state index contributed by atoms with van der Waals surface area (Å²) in [5.41, 5.74) is 6.18. The van der Waals surface area contributed by atoms with Crippen molar-refractivity contribution in [2.24, 2.45) is 10.1 Å². The van der Waals surface area contributed by atoms with Gasteiger partial charge in [-0.1, -0.05) is 24.3 Å². The van der Waals surface area contributed by atoms with Crippen LogP contribution in [0, 0.1) is 0 Å². The van der Waals surface area contributed by atoms with Crippen molar-refractivity contribution in [3.8, 4) is 0 Å². The summed E-state index contributed by atoms with van der Waals surface area (Å²) in [5.74, 6) is -0.342. The van der Waals surface area contributed by atoms with Gasteiger partial charge in [0.25, 0.3) is 11.3 Å². The Hall–Kier alpha value is -2.23. The Morgan fingerprint density at radius 3 is 2.39 bits per heavy atom. The number of benzene rings is 2. The number of nitrogens with one attached hydrogen (secondary N) is 1. The first-order chi connectivity index (χ1) is 10.9. The fourth-order valence-corrected chi connectivity index (χ4v) is 3.85. The minimum absolute atomic E-state index is 0.0567. The fourth-order valence-electron chi connectivity index (χ4n) is 2.08. The van der Waals surface area contributed by atoms with Crippen LogP contribution in [0.15, 0.2) is 62.7 Å². The summed E-state index contributed by atoms with van der Waals surface area (Å²) in [6.07, 6.45) is 0. The van der Waals surface area contributed by atoms with Crippen molar-refractivity contribution in [3.05, 3.63) is 54.1 Å². The van der Waals surface area contributed by atoms with Crippen molar-refractivity contribution >= 4 is 32.6 Å². The summed E-state index contributed by atoms with van der Waals surface area (Å²) in [7, 11) is -2.28. The van der Waals surface area contributed by atoms with Crippen LogP contribution >= 0.6 is 0 Å². The van der Waals surface area contributed by atoms with Crippen LogP contribution in [-0.4, -0.2) is 30.1 Å². The first-order valence-electron chi connectivity index (χ1n) is 6.44. The number of hydrogen-bond donors (Lipinski definition) is 3. The molecule has 0 amide bonds. The Bertz CT molecular complexity index is 865. The van der Waals surface area contributed by atoms with Crippen LogP contribution in [0.3, 0.4) is 0 Å². The predicted molar refractivity (Wildman–Crippen MR) is 89.4 cm³/mol. The summed E-state index contributed by atoms with van der Waals surface area (Å²) in [6, 6.07) is 12.4. The minimum Gasteiger partial charge on any atom is -0.387 e. The Morgan fingerprint density at radius 2 is 1.83 bits per heavy atom. The molecule has 0 saturated heterocycles. The van der Waals surface area contributed by atoms with Gasteiger partial charge in [-0.25, -0.2) is 12.6 Å². The van der Waals surface area contributed by atoms with E-state index >= 15 is 0 Å². The summed E-state index contributed by atoms with van der Waals surface area (Å²) in [4.78, 5) is -0.00493. The number of hydrogen-bond acceptors (Lipinski definition) is 4. The zero-order chi connectivity index (χ0) is 17.0. The molecule has 2 aromatic rings. The van der Waals surface area contributed by atoms with Gasteiger partial charge in [0, 0.05) is 12.7 Å². The Morgan fingerprint density at radius 1 is 1.17 bits per heavy atom. The number of sulfone groups is 1. The quantitative estimate of drug-likeness (QED) is 0.424. The van der Waals surface area contributed by atoms with Gasteiger partial charge in [0.15, 0.2) is 0 Å². The molecule has 0 aliphatic heterocycles. The molecular weight excluding hydrogens is 338 g/mol. The van der Waals surface area contributed by atoms with E-state index < -0.39 is 21.1 Å². The van der Waals surface area contributed by atoms with Crippen LogP contribution in [-0.2, 0) is 21.1 Å². The predicted octanol–water partition coefficient (Wildman–Crippen LogP) is 1.40. The van der Waals surface area contributed by atoms with E-state index in [1.807, 2.05) is 0 Å². The number of amidine groups is 1. The van der Waals surface area contributed by atoms with Gasteiger partial charge in [0.05, 0.1) is 15.4 Å². The summed E-state index contributed by atoms with van der Waals surface area (Å²) in [5, 5.41) is 2.81. The Labute approximate surface area is 136 Å². The molecule has 0 aliphatic carbocycles. The molecule has 122 valence electrons. The van der Waals surface area contributed by atoms with Gasteiger partial charge in [-0.3, -0.25) is 4.55 Å². The smallest absolute Gasteiger partial charge is 0.283 e. The third-order valence-corrected chi connectivity index (χ3v) is 5.24. The van der Waals surface area contributed by atoms with Crippen LogP contribution in [0.1, 0.15) is 5.56 Å². The topological polar surface area (TPSA) is 122 Å². The van der Waals surface area contributed by atoms with Gasteiger partial charge in [0.1, 0.15) is 5.84 Å². The van der Waals surface area contributed by atoms with Gasteiger partial charge in [0.2, 0.25) is 9.84 Å². The highest BCUT2D eigenvalue weighted by molar-refractivity contribution is 7.91. The van der Waals surface area contributed by atoms with Crippen molar-refractivity contribution in [1.82, 2.24) is 0 Å². The molecule has 0 aromatic heterocycles. The van der Waals surface area contributed by atoms with E-state index in [0.29, 0.717) is 5.69 Å². The zero-order valence-corrected chi connectivity index (χ0v) is 13.8. The Kier molecular flexibility index (Phi) is 5.14. The van der Waals surface area contributed by atoms with Crippen LogP contribution in [0.5, 0.6) is 0 Å². The monoisotopic (exact) mass is 353 g/mol. The van der Waals surface area contributed by atoms with E-state index in [1.54, 1.807) is 37.4 Å². The van der Waals surface area contributed by atoms with E-state index in [2.05, 4.69) is 9.71 Å². The standard InChI is InChI=1S/C14H15N3O4S2/c1-16-11-8-5-9-12(13(11)14(15)17-22(18)19)23(20,21)10-6-3-2-4-7-10/h2-9,16H,1H3,(H2,15,17)(H,18,19). The first kappa shape index (κ1) is 17.1. The second kappa shape index (κ2) is 6.90. The normalized spacial score (nSPS) is 13.6. The molecule has 0 heterocycles. The number of rotatable bonds is 5. The molecule has 9 heteroatoms. The maximum atomic E-state index is 12.8. The van der Waals surface area contributed by atoms with Gasteiger partial charge < -0.3 is 11.1 Å². The van der Waals surface area contributed by atoms with Crippen LogP contribution in [0.25, 0.3) is 0 Å². The molecule has 4 N–H and O–H groups in total. The molecular formula is C14H15N3O4S2. The maximum absolute atomic E-state index is 12.8. The molecule has 0 spiro atoms. The molecule has 0 bridgehead atoms. The molecule has 0 aliphatic rings. The van der Waals surface area contributed by atoms with Gasteiger partial charge in [-0.2, -0.15) is 0 Å². The lowest BCUT2D eigenvalue weighted by molar-refractivity contribution is 0.566.